The minimum atomic E-state index is -0.185. The fraction of sp³-hybridized carbons (Fsp3) is 0.136. The molecule has 0 bridgehead atoms. The van der Waals surface area contributed by atoms with E-state index >= 15 is 0 Å². The molecule has 1 atom stereocenters. The molecule has 140 valence electrons. The van der Waals surface area contributed by atoms with Crippen LogP contribution in [-0.4, -0.2) is 22.3 Å². The first-order valence-corrected chi connectivity index (χ1v) is 9.82. The summed E-state index contributed by atoms with van der Waals surface area (Å²) in [5.74, 6) is 0.805. The number of nitrogens with one attached hydrogen (secondary N) is 1. The van der Waals surface area contributed by atoms with Crippen LogP contribution in [-0.2, 0) is 6.42 Å². The Labute approximate surface area is 168 Å². The number of methoxy groups -OCH3 is 1. The fourth-order valence-corrected chi connectivity index (χ4v) is 3.84. The SMILES string of the molecule is COc1ccccc1C(Nc1nnc(Cc2ccccc2)s1)c1ccccn1. The minimum Gasteiger partial charge on any atom is -0.496 e. The number of anilines is 1. The van der Waals surface area contributed by atoms with E-state index in [0.29, 0.717) is 0 Å². The predicted molar refractivity (Wildman–Crippen MR) is 112 cm³/mol. The number of hydrogen-bond acceptors (Lipinski definition) is 6. The van der Waals surface area contributed by atoms with Gasteiger partial charge < -0.3 is 10.1 Å². The van der Waals surface area contributed by atoms with Gasteiger partial charge in [-0.1, -0.05) is 65.9 Å². The highest BCUT2D eigenvalue weighted by Gasteiger charge is 2.21. The first-order chi connectivity index (χ1) is 13.8. The van der Waals surface area contributed by atoms with Gasteiger partial charge in [0.15, 0.2) is 0 Å². The monoisotopic (exact) mass is 388 g/mol. The van der Waals surface area contributed by atoms with Crippen molar-refractivity contribution in [3.63, 3.8) is 0 Å². The highest BCUT2D eigenvalue weighted by atomic mass is 32.1. The van der Waals surface area contributed by atoms with Crippen molar-refractivity contribution < 1.29 is 4.74 Å². The second-order valence-corrected chi connectivity index (χ2v) is 7.30. The molecule has 0 aliphatic carbocycles. The van der Waals surface area contributed by atoms with Crippen LogP contribution in [0.1, 0.15) is 27.9 Å². The van der Waals surface area contributed by atoms with Crippen LogP contribution in [0.25, 0.3) is 0 Å². The predicted octanol–water partition coefficient (Wildman–Crippen LogP) is 4.73. The van der Waals surface area contributed by atoms with E-state index in [4.69, 9.17) is 4.74 Å². The number of pyridine rings is 1. The molecule has 2 heterocycles. The Hall–Kier alpha value is -3.25. The lowest BCUT2D eigenvalue weighted by Crippen LogP contribution is -2.14. The minimum absolute atomic E-state index is 0.185. The number of ether oxygens (including phenoxy) is 1. The molecular weight excluding hydrogens is 368 g/mol. The first kappa shape index (κ1) is 18.1. The van der Waals surface area contributed by atoms with Gasteiger partial charge in [-0.15, -0.1) is 10.2 Å². The number of benzene rings is 2. The van der Waals surface area contributed by atoms with E-state index in [1.54, 1.807) is 24.6 Å². The van der Waals surface area contributed by atoms with Gasteiger partial charge in [-0.05, 0) is 23.8 Å². The van der Waals surface area contributed by atoms with E-state index in [1.165, 1.54) is 5.56 Å². The van der Waals surface area contributed by atoms with E-state index in [0.717, 1.165) is 33.6 Å². The largest absolute Gasteiger partial charge is 0.496 e. The van der Waals surface area contributed by atoms with Crippen molar-refractivity contribution in [1.82, 2.24) is 15.2 Å². The number of para-hydroxylation sites is 1. The molecule has 28 heavy (non-hydrogen) atoms. The van der Waals surface area contributed by atoms with Crippen molar-refractivity contribution >= 4 is 16.5 Å². The number of aromatic nitrogens is 3. The number of hydrogen-bond donors (Lipinski definition) is 1. The zero-order valence-electron chi connectivity index (χ0n) is 15.4. The second-order valence-electron chi connectivity index (χ2n) is 6.24. The lowest BCUT2D eigenvalue weighted by Gasteiger charge is -2.20. The Bertz CT molecular complexity index is 1020. The molecule has 0 aliphatic heterocycles. The molecule has 0 aliphatic rings. The fourth-order valence-electron chi connectivity index (χ4n) is 3.04. The first-order valence-electron chi connectivity index (χ1n) is 9.00. The average Bonchev–Trinajstić information content (AvgIpc) is 3.20. The van der Waals surface area contributed by atoms with Crippen molar-refractivity contribution in [2.24, 2.45) is 0 Å². The van der Waals surface area contributed by atoms with Crippen LogP contribution in [0.15, 0.2) is 79.0 Å². The standard InChI is InChI=1S/C22H20N4OS/c1-27-19-13-6-5-11-17(19)21(18-12-7-8-14-23-18)24-22-26-25-20(28-22)15-16-9-3-2-4-10-16/h2-14,21H,15H2,1H3,(H,24,26). The van der Waals surface area contributed by atoms with Crippen molar-refractivity contribution in [3.05, 3.63) is 101 Å². The summed E-state index contributed by atoms with van der Waals surface area (Å²) in [6, 6.07) is 23.9. The molecule has 0 amide bonds. The summed E-state index contributed by atoms with van der Waals surface area (Å²) < 4.78 is 5.57. The molecule has 2 aromatic carbocycles. The molecule has 5 nitrogen and oxygen atoms in total. The molecular formula is C22H20N4OS. The van der Waals surface area contributed by atoms with Crippen LogP contribution in [0.3, 0.4) is 0 Å². The zero-order chi connectivity index (χ0) is 19.2. The maximum Gasteiger partial charge on any atom is 0.206 e. The molecule has 0 spiro atoms. The number of nitrogens with zero attached hydrogens (tertiary/aromatic N) is 3. The average molecular weight is 388 g/mol. The van der Waals surface area contributed by atoms with Gasteiger partial charge in [-0.2, -0.15) is 0 Å². The van der Waals surface area contributed by atoms with Crippen LogP contribution < -0.4 is 10.1 Å². The van der Waals surface area contributed by atoms with Gasteiger partial charge in [0, 0.05) is 18.2 Å². The van der Waals surface area contributed by atoms with Gasteiger partial charge in [0.1, 0.15) is 10.8 Å². The third kappa shape index (κ3) is 4.18. The molecule has 4 aromatic rings. The molecule has 0 fully saturated rings. The molecule has 0 radical (unpaired) electrons. The van der Waals surface area contributed by atoms with E-state index in [-0.39, 0.29) is 6.04 Å². The third-order valence-electron chi connectivity index (χ3n) is 4.37. The smallest absolute Gasteiger partial charge is 0.206 e. The second kappa shape index (κ2) is 8.63. The number of rotatable bonds is 7. The molecule has 0 saturated carbocycles. The van der Waals surface area contributed by atoms with Crippen LogP contribution in [0.5, 0.6) is 5.75 Å². The zero-order valence-corrected chi connectivity index (χ0v) is 16.3. The summed E-state index contributed by atoms with van der Waals surface area (Å²) in [4.78, 5) is 4.54. The van der Waals surface area contributed by atoms with E-state index in [9.17, 15) is 0 Å². The van der Waals surface area contributed by atoms with Gasteiger partial charge in [0.05, 0.1) is 18.8 Å². The van der Waals surface area contributed by atoms with Crippen molar-refractivity contribution in [2.75, 3.05) is 12.4 Å². The lowest BCUT2D eigenvalue weighted by atomic mass is 10.0. The van der Waals surface area contributed by atoms with E-state index in [2.05, 4.69) is 32.6 Å². The Morgan fingerprint density at radius 2 is 1.71 bits per heavy atom. The van der Waals surface area contributed by atoms with Gasteiger partial charge in [0.2, 0.25) is 5.13 Å². The molecule has 6 heteroatoms. The van der Waals surface area contributed by atoms with E-state index in [1.807, 2.05) is 60.7 Å². The summed E-state index contributed by atoms with van der Waals surface area (Å²) in [5.41, 5.74) is 3.12. The van der Waals surface area contributed by atoms with Gasteiger partial charge >= 0.3 is 0 Å². The maximum absolute atomic E-state index is 5.57. The quantitative estimate of drug-likeness (QED) is 0.496. The van der Waals surface area contributed by atoms with Crippen LogP contribution >= 0.6 is 11.3 Å². The summed E-state index contributed by atoms with van der Waals surface area (Å²) in [6.07, 6.45) is 2.56. The summed E-state index contributed by atoms with van der Waals surface area (Å²) in [7, 11) is 1.68. The van der Waals surface area contributed by atoms with Crippen molar-refractivity contribution in [1.29, 1.82) is 0 Å². The third-order valence-corrected chi connectivity index (χ3v) is 5.22. The van der Waals surface area contributed by atoms with E-state index < -0.39 is 0 Å². The summed E-state index contributed by atoms with van der Waals surface area (Å²) >= 11 is 1.56. The van der Waals surface area contributed by atoms with Gasteiger partial charge in [0.25, 0.3) is 0 Å². The Balaban J connectivity index is 1.62. The summed E-state index contributed by atoms with van der Waals surface area (Å²) in [6.45, 7) is 0. The highest BCUT2D eigenvalue weighted by molar-refractivity contribution is 7.15. The molecule has 4 rings (SSSR count). The van der Waals surface area contributed by atoms with Crippen molar-refractivity contribution in [2.45, 2.75) is 12.5 Å². The van der Waals surface area contributed by atoms with Crippen LogP contribution in [0, 0.1) is 0 Å². The molecule has 1 unspecified atom stereocenters. The molecule has 2 aromatic heterocycles. The Kier molecular flexibility index (Phi) is 5.58. The maximum atomic E-state index is 5.57. The van der Waals surface area contributed by atoms with Crippen LogP contribution in [0.4, 0.5) is 5.13 Å². The Morgan fingerprint density at radius 1 is 0.929 bits per heavy atom. The lowest BCUT2D eigenvalue weighted by molar-refractivity contribution is 0.408. The summed E-state index contributed by atoms with van der Waals surface area (Å²) in [5, 5.41) is 13.9. The Morgan fingerprint density at radius 3 is 2.50 bits per heavy atom. The van der Waals surface area contributed by atoms with Gasteiger partial charge in [-0.25, -0.2) is 0 Å². The van der Waals surface area contributed by atoms with Crippen molar-refractivity contribution in [3.8, 4) is 5.75 Å². The van der Waals surface area contributed by atoms with Crippen LogP contribution in [0.2, 0.25) is 0 Å². The highest BCUT2D eigenvalue weighted by Crippen LogP contribution is 2.33. The molecule has 0 saturated heterocycles. The molecule has 1 N–H and O–H groups in total. The topological polar surface area (TPSA) is 59.9 Å². The van der Waals surface area contributed by atoms with Gasteiger partial charge in [-0.3, -0.25) is 4.98 Å². The normalized spacial score (nSPS) is 11.8.